The molecule has 0 unspecified atom stereocenters. The van der Waals surface area contributed by atoms with E-state index in [4.69, 9.17) is 9.84 Å². The van der Waals surface area contributed by atoms with E-state index in [1.807, 2.05) is 12.1 Å². The fourth-order valence-corrected chi connectivity index (χ4v) is 1.72. The number of aliphatic hydroxyl groups excluding tert-OH is 1. The molecular weight excluding hydrogens is 226 g/mol. The van der Waals surface area contributed by atoms with Crippen LogP contribution < -0.4 is 0 Å². The fourth-order valence-electron chi connectivity index (χ4n) is 1.72. The van der Waals surface area contributed by atoms with Crippen LogP contribution in [0, 0.1) is 11.8 Å². The summed E-state index contributed by atoms with van der Waals surface area (Å²) >= 11 is 0. The molecule has 98 valence electrons. The van der Waals surface area contributed by atoms with Gasteiger partial charge in [-0.05, 0) is 24.2 Å². The quantitative estimate of drug-likeness (QED) is 0.773. The van der Waals surface area contributed by atoms with Crippen LogP contribution in [0.25, 0.3) is 0 Å². The monoisotopic (exact) mass is 247 g/mol. The Bertz CT molecular complexity index is 406. The molecule has 0 heterocycles. The molecule has 18 heavy (non-hydrogen) atoms. The predicted octanol–water partition coefficient (Wildman–Crippen LogP) is 1.50. The van der Waals surface area contributed by atoms with Gasteiger partial charge >= 0.3 is 0 Å². The highest BCUT2D eigenvalue weighted by Gasteiger charge is 2.03. The van der Waals surface area contributed by atoms with Crippen LogP contribution in [0.2, 0.25) is 0 Å². The smallest absolute Gasteiger partial charge is 0.104 e. The maximum absolute atomic E-state index is 8.68. The van der Waals surface area contributed by atoms with Crippen molar-refractivity contribution in [2.75, 3.05) is 33.4 Å². The van der Waals surface area contributed by atoms with Crippen molar-refractivity contribution >= 4 is 0 Å². The van der Waals surface area contributed by atoms with E-state index in [9.17, 15) is 0 Å². The Labute approximate surface area is 109 Å². The molecule has 0 spiro atoms. The van der Waals surface area contributed by atoms with Crippen LogP contribution in [0.15, 0.2) is 24.3 Å². The number of hydrogen-bond acceptors (Lipinski definition) is 3. The zero-order chi connectivity index (χ0) is 13.2. The Morgan fingerprint density at radius 2 is 2.22 bits per heavy atom. The summed E-state index contributed by atoms with van der Waals surface area (Å²) in [6.07, 6.45) is 0. The van der Waals surface area contributed by atoms with Gasteiger partial charge in [-0.3, -0.25) is 4.90 Å². The average molecular weight is 247 g/mol. The number of aliphatic hydroxyl groups is 1. The van der Waals surface area contributed by atoms with Crippen molar-refractivity contribution in [2.24, 2.45) is 0 Å². The first kappa shape index (κ1) is 14.7. The fraction of sp³-hybridized carbons (Fsp3) is 0.467. The summed E-state index contributed by atoms with van der Waals surface area (Å²) in [6.45, 7) is 5.62. The molecule has 1 N–H and O–H groups in total. The van der Waals surface area contributed by atoms with E-state index in [0.29, 0.717) is 0 Å². The summed E-state index contributed by atoms with van der Waals surface area (Å²) < 4.78 is 5.10. The number of likely N-dealkylation sites (N-methyl/N-ethyl adjacent to an activating group) is 1. The van der Waals surface area contributed by atoms with Crippen LogP contribution >= 0.6 is 0 Å². The molecule has 3 nitrogen and oxygen atoms in total. The molecule has 0 saturated heterocycles. The minimum Gasteiger partial charge on any atom is -0.384 e. The molecular formula is C15H21NO2. The zero-order valence-corrected chi connectivity index (χ0v) is 11.1. The molecule has 0 aliphatic heterocycles. The molecule has 0 radical (unpaired) electrons. The lowest BCUT2D eigenvalue weighted by molar-refractivity contribution is 0.147. The largest absolute Gasteiger partial charge is 0.384 e. The standard InChI is InChI=1S/C15H21NO2/c1-3-16(9-11-18-2)13-15-7-4-6-14(12-15)8-5-10-17/h4,6-7,12,17H,3,9-11,13H2,1-2H3. The minimum absolute atomic E-state index is 0.0981. The lowest BCUT2D eigenvalue weighted by Crippen LogP contribution is -2.26. The van der Waals surface area contributed by atoms with Gasteiger partial charge in [-0.2, -0.15) is 0 Å². The van der Waals surface area contributed by atoms with Crippen LogP contribution in [0.4, 0.5) is 0 Å². The van der Waals surface area contributed by atoms with Gasteiger partial charge in [-0.1, -0.05) is 30.9 Å². The average Bonchev–Trinajstić information content (AvgIpc) is 2.41. The highest BCUT2D eigenvalue weighted by atomic mass is 16.5. The van der Waals surface area contributed by atoms with Gasteiger partial charge in [-0.15, -0.1) is 0 Å². The highest BCUT2D eigenvalue weighted by molar-refractivity contribution is 5.37. The number of rotatable bonds is 6. The van der Waals surface area contributed by atoms with Gasteiger partial charge in [-0.25, -0.2) is 0 Å². The Kier molecular flexibility index (Phi) is 7.12. The van der Waals surface area contributed by atoms with Gasteiger partial charge in [0.1, 0.15) is 6.61 Å². The first-order valence-electron chi connectivity index (χ1n) is 6.20. The molecule has 0 bridgehead atoms. The molecule has 0 atom stereocenters. The van der Waals surface area contributed by atoms with Crippen molar-refractivity contribution in [2.45, 2.75) is 13.5 Å². The third kappa shape index (κ3) is 5.33. The van der Waals surface area contributed by atoms with Gasteiger partial charge in [0, 0.05) is 25.8 Å². The van der Waals surface area contributed by atoms with E-state index in [2.05, 4.69) is 35.8 Å². The molecule has 0 aliphatic rings. The summed E-state index contributed by atoms with van der Waals surface area (Å²) in [5.41, 5.74) is 2.18. The number of ether oxygens (including phenoxy) is 1. The predicted molar refractivity (Wildman–Crippen MR) is 73.2 cm³/mol. The van der Waals surface area contributed by atoms with Crippen LogP contribution in [-0.2, 0) is 11.3 Å². The number of hydrogen-bond donors (Lipinski definition) is 1. The van der Waals surface area contributed by atoms with E-state index < -0.39 is 0 Å². The van der Waals surface area contributed by atoms with Crippen molar-refractivity contribution in [3.05, 3.63) is 35.4 Å². The van der Waals surface area contributed by atoms with Crippen LogP contribution in [0.1, 0.15) is 18.1 Å². The van der Waals surface area contributed by atoms with E-state index in [0.717, 1.165) is 31.8 Å². The van der Waals surface area contributed by atoms with Crippen LogP contribution in [0.3, 0.4) is 0 Å². The van der Waals surface area contributed by atoms with Gasteiger partial charge in [0.2, 0.25) is 0 Å². The maximum atomic E-state index is 8.68. The maximum Gasteiger partial charge on any atom is 0.104 e. The normalized spacial score (nSPS) is 10.2. The van der Waals surface area contributed by atoms with Crippen molar-refractivity contribution in [3.63, 3.8) is 0 Å². The minimum atomic E-state index is -0.0981. The number of benzene rings is 1. The second-order valence-electron chi connectivity index (χ2n) is 4.02. The van der Waals surface area contributed by atoms with Gasteiger partial charge in [0.05, 0.1) is 6.61 Å². The molecule has 0 amide bonds. The molecule has 0 fully saturated rings. The third-order valence-electron chi connectivity index (χ3n) is 2.70. The Hall–Kier alpha value is -1.34. The van der Waals surface area contributed by atoms with Crippen molar-refractivity contribution in [1.82, 2.24) is 4.90 Å². The SMILES string of the molecule is CCN(CCOC)Cc1cccc(C#CCO)c1. The summed E-state index contributed by atoms with van der Waals surface area (Å²) in [5.74, 6) is 5.59. The van der Waals surface area contributed by atoms with E-state index in [-0.39, 0.29) is 6.61 Å². The Balaban J connectivity index is 2.65. The van der Waals surface area contributed by atoms with Crippen molar-refractivity contribution < 1.29 is 9.84 Å². The molecule has 0 aromatic heterocycles. The molecule has 1 aromatic carbocycles. The van der Waals surface area contributed by atoms with Crippen molar-refractivity contribution in [3.8, 4) is 11.8 Å². The Morgan fingerprint density at radius 1 is 1.39 bits per heavy atom. The van der Waals surface area contributed by atoms with Crippen LogP contribution in [0.5, 0.6) is 0 Å². The summed E-state index contributed by atoms with van der Waals surface area (Å²) in [5, 5.41) is 8.68. The van der Waals surface area contributed by atoms with Crippen LogP contribution in [-0.4, -0.2) is 43.4 Å². The third-order valence-corrected chi connectivity index (χ3v) is 2.70. The second-order valence-corrected chi connectivity index (χ2v) is 4.02. The van der Waals surface area contributed by atoms with Gasteiger partial charge in [0.25, 0.3) is 0 Å². The second kappa shape index (κ2) is 8.71. The van der Waals surface area contributed by atoms with Gasteiger partial charge in [0.15, 0.2) is 0 Å². The highest BCUT2D eigenvalue weighted by Crippen LogP contribution is 2.07. The molecule has 1 aromatic rings. The van der Waals surface area contributed by atoms with Gasteiger partial charge < -0.3 is 9.84 Å². The number of methoxy groups -OCH3 is 1. The summed E-state index contributed by atoms with van der Waals surface area (Å²) in [4.78, 5) is 2.32. The summed E-state index contributed by atoms with van der Waals surface area (Å²) in [7, 11) is 1.72. The Morgan fingerprint density at radius 3 is 2.89 bits per heavy atom. The van der Waals surface area contributed by atoms with E-state index in [1.165, 1.54) is 5.56 Å². The lowest BCUT2D eigenvalue weighted by Gasteiger charge is -2.19. The van der Waals surface area contributed by atoms with Crippen molar-refractivity contribution in [1.29, 1.82) is 0 Å². The molecule has 1 rings (SSSR count). The summed E-state index contributed by atoms with van der Waals surface area (Å²) in [6, 6.07) is 8.12. The number of nitrogens with zero attached hydrogens (tertiary/aromatic N) is 1. The molecule has 0 saturated carbocycles. The van der Waals surface area contributed by atoms with E-state index in [1.54, 1.807) is 7.11 Å². The lowest BCUT2D eigenvalue weighted by atomic mass is 10.1. The zero-order valence-electron chi connectivity index (χ0n) is 11.1. The topological polar surface area (TPSA) is 32.7 Å². The van der Waals surface area contributed by atoms with E-state index >= 15 is 0 Å². The first-order chi connectivity index (χ1) is 8.80. The molecule has 0 aliphatic carbocycles. The first-order valence-corrected chi connectivity index (χ1v) is 6.20. The molecule has 3 heteroatoms.